The van der Waals surface area contributed by atoms with Crippen LogP contribution in [0, 0.1) is 0 Å². The van der Waals surface area contributed by atoms with Crippen molar-refractivity contribution < 1.29 is 0 Å². The summed E-state index contributed by atoms with van der Waals surface area (Å²) in [5.74, 6) is 0. The summed E-state index contributed by atoms with van der Waals surface area (Å²) >= 11 is 0. The molecule has 2 unspecified atom stereocenters. The maximum absolute atomic E-state index is 4.82. The molecular formula is C32H36MgN2. The van der Waals surface area contributed by atoms with Gasteiger partial charge in [-0.2, -0.15) is 0 Å². The minimum atomic E-state index is 0. The smallest absolute Gasteiger partial charge is 0.650 e. The van der Waals surface area contributed by atoms with E-state index in [4.69, 9.17) is 10.6 Å². The Morgan fingerprint density at radius 1 is 0.343 bits per heavy atom. The summed E-state index contributed by atoms with van der Waals surface area (Å²) < 4.78 is 0. The molecule has 0 amide bonds. The van der Waals surface area contributed by atoms with Crippen molar-refractivity contribution in [2.75, 3.05) is 0 Å². The van der Waals surface area contributed by atoms with Crippen molar-refractivity contribution in [1.82, 2.24) is 0 Å². The monoisotopic (exact) mass is 472 g/mol. The molecule has 4 aromatic rings. The zero-order valence-corrected chi connectivity index (χ0v) is 22.9. The second-order valence-corrected chi connectivity index (χ2v) is 8.64. The molecule has 0 N–H and O–H groups in total. The van der Waals surface area contributed by atoms with E-state index in [9.17, 15) is 0 Å². The Labute approximate surface area is 228 Å². The van der Waals surface area contributed by atoms with Gasteiger partial charge in [0.2, 0.25) is 0 Å². The minimum Gasteiger partial charge on any atom is -0.650 e. The van der Waals surface area contributed by atoms with Gasteiger partial charge >= 0.3 is 23.1 Å². The summed E-state index contributed by atoms with van der Waals surface area (Å²) in [5.41, 5.74) is 5.09. The molecule has 0 heterocycles. The first-order valence-corrected chi connectivity index (χ1v) is 12.1. The fourth-order valence-electron chi connectivity index (χ4n) is 3.94. The molecule has 4 aromatic carbocycles. The second kappa shape index (κ2) is 15.5. The first-order valence-electron chi connectivity index (χ1n) is 12.1. The number of rotatable bonds is 8. The standard InChI is InChI=1S/2C16H18N.Mg/c2*1-13(15-9-5-3-6-10-15)17-14(2)16-11-7-4-8-12-16;/h2*3-14H,1-2H3;/q2*-1;+2/t2*13-,14?;/m11./s1. The average molecular weight is 473 g/mol. The molecule has 0 aliphatic carbocycles. The molecule has 176 valence electrons. The summed E-state index contributed by atoms with van der Waals surface area (Å²) in [5, 5.41) is 9.63. The molecule has 0 bridgehead atoms. The van der Waals surface area contributed by atoms with E-state index in [1.54, 1.807) is 0 Å². The number of hydrogen-bond donors (Lipinski definition) is 0. The molecular weight excluding hydrogens is 437 g/mol. The molecule has 2 nitrogen and oxygen atoms in total. The van der Waals surface area contributed by atoms with E-state index in [2.05, 4.69) is 125 Å². The summed E-state index contributed by atoms with van der Waals surface area (Å²) in [6.45, 7) is 8.59. The first kappa shape index (κ1) is 28.8. The van der Waals surface area contributed by atoms with E-state index < -0.39 is 0 Å². The molecule has 0 aliphatic rings. The van der Waals surface area contributed by atoms with Gasteiger partial charge in [-0.25, -0.2) is 0 Å². The normalized spacial score (nSPS) is 13.8. The number of nitrogens with zero attached hydrogens (tertiary/aromatic N) is 2. The Morgan fingerprint density at radius 3 is 0.686 bits per heavy atom. The molecule has 3 heteroatoms. The van der Waals surface area contributed by atoms with Gasteiger partial charge in [0.25, 0.3) is 0 Å². The van der Waals surface area contributed by atoms with E-state index in [1.807, 2.05) is 24.3 Å². The van der Waals surface area contributed by atoms with Crippen LogP contribution in [-0.2, 0) is 0 Å². The van der Waals surface area contributed by atoms with Crippen LogP contribution in [0.4, 0.5) is 0 Å². The Bertz CT molecular complexity index is 880. The van der Waals surface area contributed by atoms with Crippen LogP contribution in [0.1, 0.15) is 74.1 Å². The summed E-state index contributed by atoms with van der Waals surface area (Å²) in [7, 11) is 0. The predicted molar refractivity (Wildman–Crippen MR) is 152 cm³/mol. The van der Waals surface area contributed by atoms with Crippen LogP contribution in [-0.4, -0.2) is 23.1 Å². The largest absolute Gasteiger partial charge is 2.00 e. The quantitative estimate of drug-likeness (QED) is 0.228. The van der Waals surface area contributed by atoms with Crippen LogP contribution >= 0.6 is 0 Å². The Balaban J connectivity index is 0.000000240. The third-order valence-electron chi connectivity index (χ3n) is 6.02. The van der Waals surface area contributed by atoms with Crippen LogP contribution in [0.2, 0.25) is 0 Å². The molecule has 35 heavy (non-hydrogen) atoms. The maximum Gasteiger partial charge on any atom is 2.00 e. The first-order chi connectivity index (χ1) is 16.5. The minimum absolute atomic E-state index is 0. The molecule has 0 saturated carbocycles. The molecule has 0 spiro atoms. The molecule has 4 atom stereocenters. The van der Waals surface area contributed by atoms with Gasteiger partial charge in [-0.1, -0.05) is 171 Å². The topological polar surface area (TPSA) is 28.2 Å². The average Bonchev–Trinajstić information content (AvgIpc) is 2.91. The van der Waals surface area contributed by atoms with E-state index in [0.717, 1.165) is 0 Å². The zero-order chi connectivity index (χ0) is 24.2. The fraction of sp³-hybridized carbons (Fsp3) is 0.250. The van der Waals surface area contributed by atoms with Crippen LogP contribution in [0.3, 0.4) is 0 Å². The van der Waals surface area contributed by atoms with Crippen LogP contribution in [0.15, 0.2) is 121 Å². The fourth-order valence-corrected chi connectivity index (χ4v) is 3.94. The van der Waals surface area contributed by atoms with Crippen molar-refractivity contribution in [3.8, 4) is 0 Å². The van der Waals surface area contributed by atoms with Gasteiger partial charge in [-0.05, 0) is 0 Å². The number of benzene rings is 4. The van der Waals surface area contributed by atoms with Gasteiger partial charge in [0.15, 0.2) is 0 Å². The van der Waals surface area contributed by atoms with Gasteiger partial charge < -0.3 is 10.6 Å². The SMILES string of the molecule is CC([N-][C@H](C)c1ccccc1)c1ccccc1.CC([N-][C@H](C)c1ccccc1)c1ccccc1.[Mg+2]. The third kappa shape index (κ3) is 9.62. The zero-order valence-electron chi connectivity index (χ0n) is 21.5. The van der Waals surface area contributed by atoms with E-state index >= 15 is 0 Å². The molecule has 0 radical (unpaired) electrons. The molecule has 4 rings (SSSR count). The van der Waals surface area contributed by atoms with Crippen molar-refractivity contribution >= 4 is 23.1 Å². The van der Waals surface area contributed by atoms with Crippen LogP contribution in [0.25, 0.3) is 10.6 Å². The van der Waals surface area contributed by atoms with E-state index in [0.29, 0.717) is 0 Å². The Morgan fingerprint density at radius 2 is 0.514 bits per heavy atom. The predicted octanol–water partition coefficient (Wildman–Crippen LogP) is 9.38. The van der Waals surface area contributed by atoms with Gasteiger partial charge in [-0.15, -0.1) is 24.2 Å². The van der Waals surface area contributed by atoms with Crippen LogP contribution in [0.5, 0.6) is 0 Å². The van der Waals surface area contributed by atoms with Gasteiger partial charge in [-0.3, -0.25) is 0 Å². The van der Waals surface area contributed by atoms with Gasteiger partial charge in [0.1, 0.15) is 0 Å². The Hall–Kier alpha value is -2.43. The van der Waals surface area contributed by atoms with E-state index in [1.165, 1.54) is 22.3 Å². The van der Waals surface area contributed by atoms with Gasteiger partial charge in [0, 0.05) is 0 Å². The molecule has 0 fully saturated rings. The van der Waals surface area contributed by atoms with Crippen molar-refractivity contribution in [3.05, 3.63) is 154 Å². The molecule has 0 aliphatic heterocycles. The molecule has 0 aromatic heterocycles. The summed E-state index contributed by atoms with van der Waals surface area (Å²) in [6.07, 6.45) is 0. The third-order valence-corrected chi connectivity index (χ3v) is 6.02. The van der Waals surface area contributed by atoms with E-state index in [-0.39, 0.29) is 47.2 Å². The van der Waals surface area contributed by atoms with Crippen LogP contribution < -0.4 is 0 Å². The summed E-state index contributed by atoms with van der Waals surface area (Å²) in [6, 6.07) is 42.7. The van der Waals surface area contributed by atoms with Gasteiger partial charge in [0.05, 0.1) is 0 Å². The molecule has 0 saturated heterocycles. The van der Waals surface area contributed by atoms with Crippen molar-refractivity contribution in [2.45, 2.75) is 51.9 Å². The van der Waals surface area contributed by atoms with Crippen molar-refractivity contribution in [1.29, 1.82) is 0 Å². The summed E-state index contributed by atoms with van der Waals surface area (Å²) in [4.78, 5) is 0. The Kier molecular flexibility index (Phi) is 12.8. The van der Waals surface area contributed by atoms with Crippen molar-refractivity contribution in [3.63, 3.8) is 0 Å². The van der Waals surface area contributed by atoms with Crippen molar-refractivity contribution in [2.24, 2.45) is 0 Å². The number of hydrogen-bond acceptors (Lipinski definition) is 0. The second-order valence-electron chi connectivity index (χ2n) is 8.64. The maximum atomic E-state index is 4.82.